The van der Waals surface area contributed by atoms with E-state index >= 15 is 0 Å². The number of hydrogen-bond donors (Lipinski definition) is 2. The average molecular weight is 379 g/mol. The van der Waals surface area contributed by atoms with E-state index in [-0.39, 0.29) is 17.1 Å². The molecule has 100 valence electrons. The van der Waals surface area contributed by atoms with Crippen molar-refractivity contribution in [1.29, 1.82) is 0 Å². The van der Waals surface area contributed by atoms with Gasteiger partial charge in [0.25, 0.3) is 5.91 Å². The SMILES string of the molecule is CC(C)(CCBr)CNC(=O)c1ccc(Br)cc1O. The first-order chi connectivity index (χ1) is 8.35. The van der Waals surface area contributed by atoms with Crippen LogP contribution in [0.4, 0.5) is 0 Å². The first-order valence-electron chi connectivity index (χ1n) is 5.68. The van der Waals surface area contributed by atoms with E-state index < -0.39 is 0 Å². The van der Waals surface area contributed by atoms with Crippen molar-refractivity contribution in [3.63, 3.8) is 0 Å². The molecule has 0 spiro atoms. The Morgan fingerprint density at radius 2 is 2.11 bits per heavy atom. The van der Waals surface area contributed by atoms with Crippen LogP contribution < -0.4 is 5.32 Å². The average Bonchev–Trinajstić information content (AvgIpc) is 2.26. The molecule has 0 aliphatic heterocycles. The van der Waals surface area contributed by atoms with Crippen molar-refractivity contribution in [2.24, 2.45) is 5.41 Å². The van der Waals surface area contributed by atoms with Crippen LogP contribution in [-0.2, 0) is 0 Å². The molecule has 0 fully saturated rings. The Labute approximate surface area is 124 Å². The highest BCUT2D eigenvalue weighted by molar-refractivity contribution is 9.10. The highest BCUT2D eigenvalue weighted by Crippen LogP contribution is 2.23. The van der Waals surface area contributed by atoms with Gasteiger partial charge in [0.05, 0.1) is 5.56 Å². The molecule has 0 aromatic heterocycles. The zero-order valence-electron chi connectivity index (χ0n) is 10.5. The summed E-state index contributed by atoms with van der Waals surface area (Å²) in [7, 11) is 0. The minimum Gasteiger partial charge on any atom is -0.507 e. The lowest BCUT2D eigenvalue weighted by Crippen LogP contribution is -2.34. The fourth-order valence-corrected chi connectivity index (χ4v) is 2.88. The van der Waals surface area contributed by atoms with Crippen LogP contribution in [-0.4, -0.2) is 22.9 Å². The summed E-state index contributed by atoms with van der Waals surface area (Å²) in [6, 6.07) is 4.85. The van der Waals surface area contributed by atoms with Gasteiger partial charge in [-0.25, -0.2) is 0 Å². The molecule has 0 radical (unpaired) electrons. The molecule has 5 heteroatoms. The van der Waals surface area contributed by atoms with Gasteiger partial charge in [-0.15, -0.1) is 0 Å². The smallest absolute Gasteiger partial charge is 0.255 e. The van der Waals surface area contributed by atoms with E-state index in [1.807, 2.05) is 0 Å². The van der Waals surface area contributed by atoms with Gasteiger partial charge < -0.3 is 10.4 Å². The Morgan fingerprint density at radius 3 is 2.67 bits per heavy atom. The molecule has 1 amide bonds. The number of nitrogens with one attached hydrogen (secondary N) is 1. The quantitative estimate of drug-likeness (QED) is 0.767. The standard InChI is InChI=1S/C13H17Br2NO2/c1-13(2,5-6-14)8-16-12(18)10-4-3-9(15)7-11(10)17/h3-4,7,17H,5-6,8H2,1-2H3,(H,16,18). The van der Waals surface area contributed by atoms with Crippen molar-refractivity contribution >= 4 is 37.8 Å². The van der Waals surface area contributed by atoms with Gasteiger partial charge >= 0.3 is 0 Å². The molecule has 1 aromatic rings. The number of aromatic hydroxyl groups is 1. The predicted molar refractivity (Wildman–Crippen MR) is 80.3 cm³/mol. The van der Waals surface area contributed by atoms with Crippen molar-refractivity contribution in [3.05, 3.63) is 28.2 Å². The summed E-state index contributed by atoms with van der Waals surface area (Å²) in [5.41, 5.74) is 0.331. The van der Waals surface area contributed by atoms with Crippen LogP contribution in [0, 0.1) is 5.41 Å². The minimum atomic E-state index is -0.248. The number of phenols is 1. The number of rotatable bonds is 5. The second-order valence-electron chi connectivity index (χ2n) is 4.95. The molecule has 0 aliphatic carbocycles. The molecule has 1 rings (SSSR count). The minimum absolute atomic E-state index is 0.0137. The van der Waals surface area contributed by atoms with Crippen LogP contribution in [0.2, 0.25) is 0 Å². The lowest BCUT2D eigenvalue weighted by Gasteiger charge is -2.24. The van der Waals surface area contributed by atoms with Crippen LogP contribution in [0.15, 0.2) is 22.7 Å². The van der Waals surface area contributed by atoms with Crippen LogP contribution in [0.1, 0.15) is 30.6 Å². The maximum absolute atomic E-state index is 11.9. The number of hydrogen-bond acceptors (Lipinski definition) is 2. The molecular weight excluding hydrogens is 362 g/mol. The molecule has 0 atom stereocenters. The molecule has 0 saturated carbocycles. The molecule has 0 heterocycles. The van der Waals surface area contributed by atoms with Crippen LogP contribution >= 0.6 is 31.9 Å². The fourth-order valence-electron chi connectivity index (χ4n) is 1.46. The maximum Gasteiger partial charge on any atom is 0.255 e. The third-order valence-corrected chi connectivity index (χ3v) is 3.59. The largest absolute Gasteiger partial charge is 0.507 e. The van der Waals surface area contributed by atoms with Gasteiger partial charge in [-0.05, 0) is 30.0 Å². The summed E-state index contributed by atoms with van der Waals surface area (Å²) in [4.78, 5) is 11.9. The van der Waals surface area contributed by atoms with E-state index in [1.165, 1.54) is 6.07 Å². The molecule has 0 saturated heterocycles. The first-order valence-corrected chi connectivity index (χ1v) is 7.60. The Morgan fingerprint density at radius 1 is 1.44 bits per heavy atom. The van der Waals surface area contributed by atoms with E-state index in [2.05, 4.69) is 51.0 Å². The van der Waals surface area contributed by atoms with Gasteiger partial charge in [0, 0.05) is 16.3 Å². The van der Waals surface area contributed by atoms with Crippen molar-refractivity contribution < 1.29 is 9.90 Å². The number of alkyl halides is 1. The maximum atomic E-state index is 11.9. The number of amides is 1. The van der Waals surface area contributed by atoms with E-state index in [9.17, 15) is 9.90 Å². The van der Waals surface area contributed by atoms with Crippen molar-refractivity contribution in [1.82, 2.24) is 5.32 Å². The van der Waals surface area contributed by atoms with Crippen LogP contribution in [0.5, 0.6) is 5.75 Å². The lowest BCUT2D eigenvalue weighted by molar-refractivity contribution is 0.0933. The predicted octanol–water partition coefficient (Wildman–Crippen LogP) is 3.70. The lowest BCUT2D eigenvalue weighted by atomic mass is 9.90. The summed E-state index contributed by atoms with van der Waals surface area (Å²) in [6.07, 6.45) is 0.972. The summed E-state index contributed by atoms with van der Waals surface area (Å²) < 4.78 is 0.746. The number of halogens is 2. The zero-order chi connectivity index (χ0) is 13.8. The highest BCUT2D eigenvalue weighted by Gasteiger charge is 2.19. The summed E-state index contributed by atoms with van der Waals surface area (Å²) in [5, 5.41) is 13.4. The Balaban J connectivity index is 2.66. The van der Waals surface area contributed by atoms with E-state index in [0.717, 1.165) is 16.2 Å². The van der Waals surface area contributed by atoms with Gasteiger partial charge in [-0.3, -0.25) is 4.79 Å². The third-order valence-electron chi connectivity index (χ3n) is 2.70. The first kappa shape index (κ1) is 15.5. The van der Waals surface area contributed by atoms with Crippen LogP contribution in [0.3, 0.4) is 0 Å². The Kier molecular flexibility index (Phi) is 5.66. The molecule has 18 heavy (non-hydrogen) atoms. The van der Waals surface area contributed by atoms with Crippen molar-refractivity contribution in [2.75, 3.05) is 11.9 Å². The molecule has 3 nitrogen and oxygen atoms in total. The second-order valence-corrected chi connectivity index (χ2v) is 6.66. The Bertz CT molecular complexity index is 433. The Hall–Kier alpha value is -0.550. The molecule has 2 N–H and O–H groups in total. The van der Waals surface area contributed by atoms with Gasteiger partial charge in [-0.2, -0.15) is 0 Å². The van der Waals surface area contributed by atoms with Gasteiger partial charge in [0.1, 0.15) is 5.75 Å². The van der Waals surface area contributed by atoms with Gasteiger partial charge in [-0.1, -0.05) is 45.7 Å². The van der Waals surface area contributed by atoms with Crippen molar-refractivity contribution in [2.45, 2.75) is 20.3 Å². The number of carbonyl (C=O) groups is 1. The third kappa shape index (κ3) is 4.61. The topological polar surface area (TPSA) is 49.3 Å². The van der Waals surface area contributed by atoms with E-state index in [1.54, 1.807) is 12.1 Å². The van der Waals surface area contributed by atoms with Crippen molar-refractivity contribution in [3.8, 4) is 5.75 Å². The van der Waals surface area contributed by atoms with Gasteiger partial charge in [0.2, 0.25) is 0 Å². The van der Waals surface area contributed by atoms with Gasteiger partial charge in [0.15, 0.2) is 0 Å². The molecular formula is C13H17Br2NO2. The van der Waals surface area contributed by atoms with Crippen LogP contribution in [0.25, 0.3) is 0 Å². The normalized spacial score (nSPS) is 11.3. The summed E-state index contributed by atoms with van der Waals surface area (Å²) in [5.74, 6) is -0.261. The molecule has 1 aromatic carbocycles. The molecule has 0 aliphatic rings. The number of carbonyl (C=O) groups excluding carboxylic acids is 1. The number of phenolic OH excluding ortho intramolecular Hbond substituents is 1. The molecule has 0 unspecified atom stereocenters. The van der Waals surface area contributed by atoms with E-state index in [0.29, 0.717) is 12.1 Å². The fraction of sp³-hybridized carbons (Fsp3) is 0.462. The number of benzene rings is 1. The zero-order valence-corrected chi connectivity index (χ0v) is 13.6. The molecule has 0 bridgehead atoms. The second kappa shape index (κ2) is 6.57. The summed E-state index contributed by atoms with van der Waals surface area (Å²) >= 11 is 6.64. The highest BCUT2D eigenvalue weighted by atomic mass is 79.9. The monoisotopic (exact) mass is 377 g/mol. The van der Waals surface area contributed by atoms with E-state index in [4.69, 9.17) is 0 Å². The summed E-state index contributed by atoms with van der Waals surface area (Å²) in [6.45, 7) is 4.76.